The summed E-state index contributed by atoms with van der Waals surface area (Å²) in [6.45, 7) is 8.64. The van der Waals surface area contributed by atoms with E-state index in [1.165, 1.54) is 16.7 Å². The molecule has 0 amide bonds. The van der Waals surface area contributed by atoms with Crippen molar-refractivity contribution in [3.63, 3.8) is 0 Å². The fourth-order valence-corrected chi connectivity index (χ4v) is 2.85. The molecular weight excluding hydrogens is 258 g/mol. The Labute approximate surface area is 128 Å². The van der Waals surface area contributed by atoms with Gasteiger partial charge in [-0.2, -0.15) is 5.10 Å². The first kappa shape index (κ1) is 15.8. The van der Waals surface area contributed by atoms with Gasteiger partial charge in [-0.15, -0.1) is 0 Å². The molecule has 1 aromatic carbocycles. The summed E-state index contributed by atoms with van der Waals surface area (Å²) in [5, 5.41) is 4.71. The van der Waals surface area contributed by atoms with Crippen LogP contribution in [0, 0.1) is 13.8 Å². The first-order valence-corrected chi connectivity index (χ1v) is 7.91. The van der Waals surface area contributed by atoms with Crippen molar-refractivity contribution in [3.8, 4) is 0 Å². The number of nitrogens with two attached hydrogens (primary N) is 1. The lowest BCUT2D eigenvalue weighted by molar-refractivity contribution is 0.424. The fourth-order valence-electron chi connectivity index (χ4n) is 2.85. The molecule has 2 N–H and O–H groups in total. The maximum absolute atomic E-state index is 6.40. The number of rotatable bonds is 6. The van der Waals surface area contributed by atoms with Crippen molar-refractivity contribution in [2.75, 3.05) is 0 Å². The van der Waals surface area contributed by atoms with Gasteiger partial charge in [-0.3, -0.25) is 4.68 Å². The van der Waals surface area contributed by atoms with Crippen LogP contribution in [0.25, 0.3) is 0 Å². The van der Waals surface area contributed by atoms with E-state index in [4.69, 9.17) is 10.8 Å². The molecule has 0 aliphatic heterocycles. The minimum atomic E-state index is 0.00922. The normalized spacial score (nSPS) is 12.9. The number of hydrogen-bond acceptors (Lipinski definition) is 2. The van der Waals surface area contributed by atoms with Crippen LogP contribution in [0.1, 0.15) is 61.2 Å². The fraction of sp³-hybridized carbons (Fsp3) is 0.500. The van der Waals surface area contributed by atoms with Crippen LogP contribution in [0.2, 0.25) is 0 Å². The van der Waals surface area contributed by atoms with E-state index in [2.05, 4.69) is 62.8 Å². The molecule has 0 fully saturated rings. The maximum Gasteiger partial charge on any atom is 0.0643 e. The number of nitrogens with zero attached hydrogens (tertiary/aromatic N) is 2. The maximum atomic E-state index is 6.40. The minimum Gasteiger partial charge on any atom is -0.324 e. The van der Waals surface area contributed by atoms with Crippen LogP contribution in [0.3, 0.4) is 0 Å². The van der Waals surface area contributed by atoms with E-state index in [0.717, 1.165) is 25.0 Å². The summed E-state index contributed by atoms with van der Waals surface area (Å²) in [6.07, 6.45) is 5.10. The van der Waals surface area contributed by atoms with Gasteiger partial charge in [-0.1, -0.05) is 37.6 Å². The van der Waals surface area contributed by atoms with Crippen LogP contribution in [0.4, 0.5) is 0 Å². The zero-order chi connectivity index (χ0) is 15.4. The van der Waals surface area contributed by atoms with E-state index in [9.17, 15) is 0 Å². The number of aromatic nitrogens is 2. The topological polar surface area (TPSA) is 43.8 Å². The Hall–Kier alpha value is -1.61. The Morgan fingerprint density at radius 3 is 2.52 bits per heavy atom. The van der Waals surface area contributed by atoms with Gasteiger partial charge in [0.1, 0.15) is 0 Å². The third-order valence-corrected chi connectivity index (χ3v) is 4.24. The standard InChI is InChI=1S/C18H27N3/c1-5-16(6-2)21-10-9-15(20-21)12-18(19)17-11-13(3)7-8-14(17)4/h7-11,16,18H,5-6,12,19H2,1-4H3. The third kappa shape index (κ3) is 3.73. The summed E-state index contributed by atoms with van der Waals surface area (Å²) in [5.41, 5.74) is 11.2. The average molecular weight is 285 g/mol. The smallest absolute Gasteiger partial charge is 0.0643 e. The first-order chi connectivity index (χ1) is 10.0. The molecule has 1 unspecified atom stereocenters. The van der Waals surface area contributed by atoms with E-state index >= 15 is 0 Å². The quantitative estimate of drug-likeness (QED) is 0.868. The Bertz CT molecular complexity index is 582. The highest BCUT2D eigenvalue weighted by Gasteiger charge is 2.13. The van der Waals surface area contributed by atoms with Crippen LogP contribution in [0.5, 0.6) is 0 Å². The lowest BCUT2D eigenvalue weighted by Crippen LogP contribution is -2.16. The van der Waals surface area contributed by atoms with Gasteiger partial charge in [-0.05, 0) is 43.9 Å². The Morgan fingerprint density at radius 2 is 1.86 bits per heavy atom. The molecule has 0 bridgehead atoms. The second-order valence-corrected chi connectivity index (χ2v) is 5.93. The molecule has 2 rings (SSSR count). The van der Waals surface area contributed by atoms with Gasteiger partial charge in [0.2, 0.25) is 0 Å². The molecule has 114 valence electrons. The predicted octanol–water partition coefficient (Wildman–Crippen LogP) is 4.10. The van der Waals surface area contributed by atoms with Gasteiger partial charge in [0.25, 0.3) is 0 Å². The van der Waals surface area contributed by atoms with Crippen molar-refractivity contribution in [2.24, 2.45) is 5.73 Å². The van der Waals surface area contributed by atoms with Crippen LogP contribution in [-0.4, -0.2) is 9.78 Å². The zero-order valence-corrected chi connectivity index (χ0v) is 13.6. The molecule has 2 aromatic rings. The molecule has 3 nitrogen and oxygen atoms in total. The molecular formula is C18H27N3. The molecule has 0 saturated heterocycles. The number of aryl methyl sites for hydroxylation is 2. The summed E-state index contributed by atoms with van der Waals surface area (Å²) in [4.78, 5) is 0. The van der Waals surface area contributed by atoms with Gasteiger partial charge >= 0.3 is 0 Å². The SMILES string of the molecule is CCC(CC)n1ccc(CC(N)c2cc(C)ccc2C)n1. The second-order valence-electron chi connectivity index (χ2n) is 5.93. The Morgan fingerprint density at radius 1 is 1.14 bits per heavy atom. The summed E-state index contributed by atoms with van der Waals surface area (Å²) < 4.78 is 2.09. The van der Waals surface area contributed by atoms with Gasteiger partial charge in [0.15, 0.2) is 0 Å². The Balaban J connectivity index is 2.12. The molecule has 3 heteroatoms. The average Bonchev–Trinajstić information content (AvgIpc) is 2.91. The van der Waals surface area contributed by atoms with E-state index in [1.807, 2.05) is 0 Å². The molecule has 0 radical (unpaired) electrons. The summed E-state index contributed by atoms with van der Waals surface area (Å²) in [6, 6.07) is 9.08. The number of hydrogen-bond donors (Lipinski definition) is 1. The van der Waals surface area contributed by atoms with Gasteiger partial charge in [0.05, 0.1) is 11.7 Å². The molecule has 1 aromatic heterocycles. The van der Waals surface area contributed by atoms with Crippen LogP contribution < -0.4 is 5.73 Å². The lowest BCUT2D eigenvalue weighted by atomic mass is 9.96. The van der Waals surface area contributed by atoms with Gasteiger partial charge < -0.3 is 5.73 Å². The highest BCUT2D eigenvalue weighted by Crippen LogP contribution is 2.21. The van der Waals surface area contributed by atoms with E-state index < -0.39 is 0 Å². The van der Waals surface area contributed by atoms with Crippen LogP contribution in [0.15, 0.2) is 30.5 Å². The molecule has 0 saturated carbocycles. The molecule has 0 spiro atoms. The van der Waals surface area contributed by atoms with Gasteiger partial charge in [0, 0.05) is 18.7 Å². The zero-order valence-electron chi connectivity index (χ0n) is 13.6. The van der Waals surface area contributed by atoms with Crippen molar-refractivity contribution in [3.05, 3.63) is 52.8 Å². The van der Waals surface area contributed by atoms with Gasteiger partial charge in [-0.25, -0.2) is 0 Å². The van der Waals surface area contributed by atoms with E-state index in [-0.39, 0.29) is 6.04 Å². The van der Waals surface area contributed by atoms with Crippen molar-refractivity contribution in [2.45, 2.75) is 59.0 Å². The van der Waals surface area contributed by atoms with E-state index in [0.29, 0.717) is 6.04 Å². The van der Waals surface area contributed by atoms with E-state index in [1.54, 1.807) is 0 Å². The highest BCUT2D eigenvalue weighted by molar-refractivity contribution is 5.33. The summed E-state index contributed by atoms with van der Waals surface area (Å²) in [5.74, 6) is 0. The largest absolute Gasteiger partial charge is 0.324 e. The number of benzene rings is 1. The summed E-state index contributed by atoms with van der Waals surface area (Å²) >= 11 is 0. The Kier molecular flexibility index (Phi) is 5.18. The monoisotopic (exact) mass is 285 g/mol. The minimum absolute atomic E-state index is 0.00922. The second kappa shape index (κ2) is 6.90. The predicted molar refractivity (Wildman–Crippen MR) is 88.4 cm³/mol. The molecule has 21 heavy (non-hydrogen) atoms. The molecule has 0 aliphatic carbocycles. The highest BCUT2D eigenvalue weighted by atomic mass is 15.3. The van der Waals surface area contributed by atoms with Crippen molar-refractivity contribution in [1.82, 2.24) is 9.78 Å². The molecule has 0 aliphatic rings. The van der Waals surface area contributed by atoms with Crippen LogP contribution >= 0.6 is 0 Å². The first-order valence-electron chi connectivity index (χ1n) is 7.91. The third-order valence-electron chi connectivity index (χ3n) is 4.24. The molecule has 1 heterocycles. The van der Waals surface area contributed by atoms with Crippen molar-refractivity contribution >= 4 is 0 Å². The van der Waals surface area contributed by atoms with Crippen molar-refractivity contribution < 1.29 is 0 Å². The molecule has 1 atom stereocenters. The van der Waals surface area contributed by atoms with Crippen molar-refractivity contribution in [1.29, 1.82) is 0 Å². The lowest BCUT2D eigenvalue weighted by Gasteiger charge is -2.15. The summed E-state index contributed by atoms with van der Waals surface area (Å²) in [7, 11) is 0. The van der Waals surface area contributed by atoms with Crippen LogP contribution in [-0.2, 0) is 6.42 Å².